The number of carboxylic acids is 1. The molecule has 2 aromatic carbocycles. The summed E-state index contributed by atoms with van der Waals surface area (Å²) in [5.74, 6) is -0.853. The molecule has 2 rings (SSSR count). The fourth-order valence-electron chi connectivity index (χ4n) is 1.85. The Kier molecular flexibility index (Phi) is 34.7. The molecule has 6 N–H and O–H groups in total. The molecule has 0 fully saturated rings. The van der Waals surface area contributed by atoms with Gasteiger partial charge in [0, 0.05) is 34.9 Å². The minimum absolute atomic E-state index is 0. The molecular weight excluding hydrogens is 849 g/mol. The zero-order chi connectivity index (χ0) is 32.6. The summed E-state index contributed by atoms with van der Waals surface area (Å²) in [7, 11) is -4.02. The van der Waals surface area contributed by atoms with E-state index in [1.54, 1.807) is 45.0 Å². The van der Waals surface area contributed by atoms with Crippen molar-refractivity contribution in [3.8, 4) is 0 Å². The van der Waals surface area contributed by atoms with Gasteiger partial charge in [-0.1, -0.05) is 35.6 Å². The fourth-order valence-corrected chi connectivity index (χ4v) is 3.31. The zero-order valence-corrected chi connectivity index (χ0v) is 29.9. The van der Waals surface area contributed by atoms with Crippen molar-refractivity contribution in [2.24, 2.45) is 0 Å². The van der Waals surface area contributed by atoms with Gasteiger partial charge in [-0.05, 0) is 74.2 Å². The first-order valence-corrected chi connectivity index (χ1v) is 22.4. The minimum atomic E-state index is -3.41. The van der Waals surface area contributed by atoms with E-state index < -0.39 is 26.0 Å². The summed E-state index contributed by atoms with van der Waals surface area (Å²) < 4.78 is 49.5. The summed E-state index contributed by atoms with van der Waals surface area (Å²) in [6.45, 7) is 5.06. The number of nitrogen functional groups attached to an aromatic ring is 1. The molecular formula is C25H49BClI2N4O8S2-. The normalized spacial score (nSPS) is 9.56. The van der Waals surface area contributed by atoms with Gasteiger partial charge >= 0.3 is 47.3 Å². The standard InChI is InChI=1S/C10H14N2O3S.C7H10N2O2S.C3H5ClO.C3H6O2.2CH4.BI2.3H2/c1-3-10(13)12-8-4-6-9(7-5-8)16(14,15)11-2;1-9-12(10,11)7-4-2-6(8)3-5-7;2*1-2-3(4)5;;;1-3-2;;;/h4-7,11H,3H2,1-2H3,(H,12,13);2-5,9H,8H2,1H3;2H2,1H3;2H2,1H3,(H,4,5);2*1H4;;3*1H/q;;;;;;-1;;;/i;;;;;;;3*1+2. The predicted molar refractivity (Wildman–Crippen MR) is 187 cm³/mol. The molecule has 0 unspecified atom stereocenters. The third-order valence-electron chi connectivity index (χ3n) is 4.08. The summed E-state index contributed by atoms with van der Waals surface area (Å²) in [5, 5.41) is 10.1. The van der Waals surface area contributed by atoms with Crippen LogP contribution in [0.25, 0.3) is 0 Å². The van der Waals surface area contributed by atoms with E-state index in [0.29, 0.717) is 24.2 Å². The van der Waals surface area contributed by atoms with Crippen LogP contribution in [0, 0.1) is 0 Å². The van der Waals surface area contributed by atoms with E-state index in [-0.39, 0.29) is 63.5 Å². The van der Waals surface area contributed by atoms with Crippen LogP contribution in [0.3, 0.4) is 0 Å². The number of carboxylic acid groups (broad SMARTS) is 1. The maximum atomic E-state index is 11.4. The number of rotatable bonds is 8. The van der Waals surface area contributed by atoms with E-state index in [1.807, 2.05) is 0 Å². The quantitative estimate of drug-likeness (QED) is 0.114. The number of carbonyl (C=O) groups excluding carboxylic acids is 2. The van der Waals surface area contributed by atoms with Gasteiger partial charge in [0.1, 0.15) is 0 Å². The first-order valence-electron chi connectivity index (χ1n) is 11.5. The molecule has 0 heterocycles. The summed E-state index contributed by atoms with van der Waals surface area (Å²) >= 11 is 7.06. The van der Waals surface area contributed by atoms with Crippen LogP contribution >= 0.6 is 30.2 Å². The van der Waals surface area contributed by atoms with Gasteiger partial charge in [0.2, 0.25) is 31.2 Å². The van der Waals surface area contributed by atoms with Crippen LogP contribution in [0.15, 0.2) is 58.3 Å². The first-order chi connectivity index (χ1) is 19.0. The van der Waals surface area contributed by atoms with Crippen LogP contribution in [-0.4, -0.2) is 58.9 Å². The molecule has 43 heavy (non-hydrogen) atoms. The Hall–Kier alpha value is -1.52. The van der Waals surface area contributed by atoms with E-state index in [0.717, 1.165) is 0 Å². The second kappa shape index (κ2) is 29.2. The van der Waals surface area contributed by atoms with E-state index in [9.17, 15) is 31.2 Å². The first kappa shape index (κ1) is 51.1. The van der Waals surface area contributed by atoms with Crippen LogP contribution in [0.5, 0.6) is 0 Å². The Labute approximate surface area is 287 Å². The van der Waals surface area contributed by atoms with Gasteiger partial charge in [-0.3, -0.25) is 14.4 Å². The molecule has 0 aliphatic heterocycles. The number of sulfonamides is 2. The number of anilines is 2. The summed E-state index contributed by atoms with van der Waals surface area (Å²) in [5.41, 5.74) is 11.5. The second-order valence-electron chi connectivity index (χ2n) is 6.95. The molecule has 0 spiro atoms. The summed E-state index contributed by atoms with van der Waals surface area (Å²) in [6.07, 6.45) is 1.04. The SMILES string of the molecule is C.C.CCC(=O)Cl.CCC(=O)Nc1ccc(S(=O)(=O)NC)cc1.CCC(=O)O.CNS(=O)(=O)c1ccc(N)cc1.[3HH].[3HH].[3HH].[B][I-]I. The molecule has 12 nitrogen and oxygen atoms in total. The van der Waals surface area contributed by atoms with Crippen LogP contribution in [0.2, 0.25) is 0 Å². The third-order valence-corrected chi connectivity index (χ3v) is 7.21. The van der Waals surface area contributed by atoms with Gasteiger partial charge in [0.15, 0.2) is 0 Å². The average Bonchev–Trinajstić information content (AvgIpc) is 2.94. The number of hydrogen-bond donors (Lipinski definition) is 5. The van der Waals surface area contributed by atoms with Crippen molar-refractivity contribution in [3.05, 3.63) is 48.5 Å². The van der Waals surface area contributed by atoms with Gasteiger partial charge in [0.25, 0.3) is 0 Å². The van der Waals surface area contributed by atoms with Gasteiger partial charge in [-0.25, -0.2) is 26.3 Å². The molecule has 2 radical (unpaired) electrons. The molecule has 0 bridgehead atoms. The van der Waals surface area contributed by atoms with Crippen LogP contribution in [-0.2, 0) is 34.4 Å². The summed E-state index contributed by atoms with van der Waals surface area (Å²) in [6, 6.07) is 12.0. The van der Waals surface area contributed by atoms with Crippen molar-refractivity contribution < 1.29 is 57.6 Å². The van der Waals surface area contributed by atoms with E-state index in [1.165, 1.54) is 38.4 Å². The molecule has 0 atom stereocenters. The van der Waals surface area contributed by atoms with E-state index >= 15 is 0 Å². The van der Waals surface area contributed by atoms with Crippen molar-refractivity contribution in [1.29, 1.82) is 0 Å². The number of nitrogens with one attached hydrogen (secondary N) is 3. The zero-order valence-electron chi connectivity index (χ0n) is 23.2. The van der Waals surface area contributed by atoms with E-state index in [2.05, 4.69) is 33.4 Å². The van der Waals surface area contributed by atoms with Gasteiger partial charge < -0.3 is 16.2 Å². The van der Waals surface area contributed by atoms with Crippen molar-refractivity contribution in [2.45, 2.75) is 64.7 Å². The number of hydrogen-bond acceptors (Lipinski definition) is 8. The Balaban J connectivity index is -0.0000000714. The van der Waals surface area contributed by atoms with Crippen LogP contribution in [0.1, 0.15) is 59.2 Å². The van der Waals surface area contributed by atoms with Crippen LogP contribution in [0.4, 0.5) is 11.4 Å². The molecule has 0 aromatic heterocycles. The van der Waals surface area contributed by atoms with Gasteiger partial charge in [-0.15, -0.1) is 0 Å². The van der Waals surface area contributed by atoms with Gasteiger partial charge in [0.05, 0.1) is 9.79 Å². The van der Waals surface area contributed by atoms with Crippen molar-refractivity contribution in [3.63, 3.8) is 0 Å². The maximum absolute atomic E-state index is 11.4. The molecule has 0 aliphatic carbocycles. The number of carbonyl (C=O) groups is 3. The molecule has 0 aliphatic rings. The van der Waals surface area contributed by atoms with Crippen molar-refractivity contribution in [1.82, 2.24) is 9.44 Å². The fraction of sp³-hybridized carbons (Fsp3) is 0.400. The molecule has 18 heteroatoms. The summed E-state index contributed by atoms with van der Waals surface area (Å²) in [4.78, 5) is 30.4. The molecule has 254 valence electrons. The second-order valence-corrected chi connectivity index (χ2v) is 14.8. The molecule has 1 amide bonds. The predicted octanol–water partition coefficient (Wildman–Crippen LogP) is 2.28. The van der Waals surface area contributed by atoms with E-state index in [4.69, 9.17) is 28.1 Å². The Morgan fingerprint density at radius 1 is 0.860 bits per heavy atom. The third kappa shape index (κ3) is 27.7. The number of amides is 1. The monoisotopic (exact) mass is 903 g/mol. The molecule has 2 aromatic rings. The number of halogens is 3. The van der Waals surface area contributed by atoms with Crippen LogP contribution < -0.4 is 37.5 Å². The topological polar surface area (TPSA) is 202 Å². The Bertz CT molecular complexity index is 1260. The van der Waals surface area contributed by atoms with Crippen molar-refractivity contribution in [2.75, 3.05) is 25.1 Å². The Morgan fingerprint density at radius 3 is 1.40 bits per heavy atom. The number of nitrogens with two attached hydrogens (primary N) is 1. The molecule has 0 saturated heterocycles. The van der Waals surface area contributed by atoms with Crippen molar-refractivity contribution >= 4 is 84.5 Å². The number of aliphatic carboxylic acids is 1. The average molecular weight is 904 g/mol. The van der Waals surface area contributed by atoms with Gasteiger partial charge in [-0.2, -0.15) is 0 Å². The number of benzene rings is 2. The Morgan fingerprint density at radius 2 is 1.16 bits per heavy atom. The molecule has 0 saturated carbocycles.